The average molecular weight is 682 g/mol. The molecule has 4 aromatic carbocycles. The van der Waals surface area contributed by atoms with Gasteiger partial charge in [0.2, 0.25) is 4.80 Å². The molecule has 6 aromatic rings. The molecule has 0 aliphatic rings. The summed E-state index contributed by atoms with van der Waals surface area (Å²) in [6, 6.07) is 27.9. The van der Waals surface area contributed by atoms with E-state index in [9.17, 15) is 13.2 Å². The number of para-hydroxylation sites is 1. The van der Waals surface area contributed by atoms with E-state index in [4.69, 9.17) is 0 Å². The van der Waals surface area contributed by atoms with Crippen molar-refractivity contribution in [3.8, 4) is 39.8 Å². The molecule has 6 rings (SSSR count). The van der Waals surface area contributed by atoms with Crippen LogP contribution in [0.5, 0.6) is 5.75 Å². The standard InChI is InChI=1S/C37H34F3N7OS/c1-5-45(6-2)30-16-14-28(15-17-30)33-23-49-36(47(33)34-25(3)8-7-9-26(34)4)43-42-22-27-10-12-29(13-11-27)35-41-24-46(44-35)31-18-20-32(21-19-31)48-37(38,39)40/h7-24H,5-6H2,1-4H3/b42-22+,43-36-. The molecule has 0 aliphatic heterocycles. The molecule has 0 unspecified atom stereocenters. The molecule has 0 saturated heterocycles. The number of ether oxygens (including phenoxy) is 1. The van der Waals surface area contributed by atoms with Crippen LogP contribution in [0.4, 0.5) is 18.9 Å². The van der Waals surface area contributed by atoms with Crippen molar-refractivity contribution in [1.82, 2.24) is 19.3 Å². The molecule has 0 spiro atoms. The summed E-state index contributed by atoms with van der Waals surface area (Å²) in [6.45, 7) is 10.4. The van der Waals surface area contributed by atoms with Crippen LogP contribution >= 0.6 is 11.3 Å². The normalized spacial score (nSPS) is 12.2. The summed E-state index contributed by atoms with van der Waals surface area (Å²) in [5, 5.41) is 15.7. The Balaban J connectivity index is 1.24. The number of thiazole rings is 1. The summed E-state index contributed by atoms with van der Waals surface area (Å²) < 4.78 is 45.0. The third-order valence-corrected chi connectivity index (χ3v) is 8.82. The molecule has 2 heterocycles. The average Bonchev–Trinajstić information content (AvgIpc) is 3.74. The molecular weight excluding hydrogens is 648 g/mol. The zero-order valence-electron chi connectivity index (χ0n) is 27.4. The van der Waals surface area contributed by atoms with Crippen LogP contribution in [0.25, 0.3) is 34.0 Å². The number of hydrogen-bond donors (Lipinski definition) is 0. The Labute approximate surface area is 286 Å². The van der Waals surface area contributed by atoms with E-state index >= 15 is 0 Å². The van der Waals surface area contributed by atoms with E-state index in [0.29, 0.717) is 11.5 Å². The van der Waals surface area contributed by atoms with E-state index in [2.05, 4.69) is 110 Å². The van der Waals surface area contributed by atoms with Gasteiger partial charge in [0, 0.05) is 29.7 Å². The SMILES string of the molecule is CCN(CC)c1ccc(-c2cs/c(=N\N=C\c3ccc(-c4ncn(-c5ccc(OC(F)(F)F)cc5)n4)cc3)n2-c2c(C)cccc2C)cc1. The maximum atomic E-state index is 12.5. The molecule has 0 N–H and O–H groups in total. The highest BCUT2D eigenvalue weighted by molar-refractivity contribution is 7.07. The maximum Gasteiger partial charge on any atom is 0.573 e. The van der Waals surface area contributed by atoms with Crippen LogP contribution in [0.1, 0.15) is 30.5 Å². The second kappa shape index (κ2) is 14.3. The first-order chi connectivity index (χ1) is 23.6. The van der Waals surface area contributed by atoms with Crippen LogP contribution < -0.4 is 14.4 Å². The van der Waals surface area contributed by atoms with E-state index in [1.807, 2.05) is 24.3 Å². The van der Waals surface area contributed by atoms with Crippen molar-refractivity contribution < 1.29 is 17.9 Å². The van der Waals surface area contributed by atoms with Gasteiger partial charge in [0.1, 0.15) is 12.1 Å². The summed E-state index contributed by atoms with van der Waals surface area (Å²) in [5.74, 6) is 0.163. The number of aromatic nitrogens is 4. The van der Waals surface area contributed by atoms with Crippen molar-refractivity contribution in [3.63, 3.8) is 0 Å². The topological polar surface area (TPSA) is 72.8 Å². The predicted octanol–water partition coefficient (Wildman–Crippen LogP) is 8.75. The van der Waals surface area contributed by atoms with Crippen molar-refractivity contribution in [1.29, 1.82) is 0 Å². The van der Waals surface area contributed by atoms with E-state index in [1.165, 1.54) is 52.3 Å². The molecule has 0 aliphatic carbocycles. The lowest BCUT2D eigenvalue weighted by Gasteiger charge is -2.21. The fraction of sp³-hybridized carbons (Fsp3) is 0.189. The predicted molar refractivity (Wildman–Crippen MR) is 189 cm³/mol. The molecule has 49 heavy (non-hydrogen) atoms. The van der Waals surface area contributed by atoms with Gasteiger partial charge in [0.15, 0.2) is 5.82 Å². The molecule has 12 heteroatoms. The van der Waals surface area contributed by atoms with Gasteiger partial charge < -0.3 is 9.64 Å². The first kappa shape index (κ1) is 33.4. The summed E-state index contributed by atoms with van der Waals surface area (Å²) in [4.78, 5) is 7.44. The maximum absolute atomic E-state index is 12.5. The second-order valence-corrected chi connectivity index (χ2v) is 12.1. The van der Waals surface area contributed by atoms with Crippen molar-refractivity contribution in [2.75, 3.05) is 18.0 Å². The highest BCUT2D eigenvalue weighted by Gasteiger charge is 2.31. The molecule has 8 nitrogen and oxygen atoms in total. The van der Waals surface area contributed by atoms with Crippen LogP contribution in [0.2, 0.25) is 0 Å². The molecular formula is C37H34F3N7OS. The summed E-state index contributed by atoms with van der Waals surface area (Å²) in [6.07, 6.45) is -1.54. The van der Waals surface area contributed by atoms with Gasteiger partial charge in [-0.2, -0.15) is 5.10 Å². The highest BCUT2D eigenvalue weighted by Crippen LogP contribution is 2.29. The molecule has 0 fully saturated rings. The van der Waals surface area contributed by atoms with Gasteiger partial charge in [0.25, 0.3) is 0 Å². The minimum atomic E-state index is -4.75. The Hall–Kier alpha value is -5.49. The number of halogens is 3. The molecule has 0 saturated carbocycles. The Bertz CT molecular complexity index is 2110. The Morgan fingerprint density at radius 3 is 2.14 bits per heavy atom. The quantitative estimate of drug-likeness (QED) is 0.107. The van der Waals surface area contributed by atoms with E-state index in [0.717, 1.165) is 57.1 Å². The van der Waals surface area contributed by atoms with Crippen molar-refractivity contribution in [3.05, 3.63) is 124 Å². The largest absolute Gasteiger partial charge is 0.573 e. The summed E-state index contributed by atoms with van der Waals surface area (Å²) in [5.41, 5.74) is 8.87. The third-order valence-electron chi connectivity index (χ3n) is 8.01. The van der Waals surface area contributed by atoms with E-state index in [1.54, 1.807) is 6.21 Å². The number of nitrogens with zero attached hydrogens (tertiary/aromatic N) is 7. The lowest BCUT2D eigenvalue weighted by molar-refractivity contribution is -0.274. The molecule has 0 atom stereocenters. The number of aryl methyl sites for hydroxylation is 2. The minimum Gasteiger partial charge on any atom is -0.406 e. The zero-order chi connectivity index (χ0) is 34.5. The van der Waals surface area contributed by atoms with Gasteiger partial charge in [-0.1, -0.05) is 54.6 Å². The molecule has 0 radical (unpaired) electrons. The number of hydrogen-bond acceptors (Lipinski definition) is 7. The fourth-order valence-electron chi connectivity index (χ4n) is 5.57. The van der Waals surface area contributed by atoms with Crippen LogP contribution in [-0.2, 0) is 0 Å². The highest BCUT2D eigenvalue weighted by atomic mass is 32.1. The van der Waals surface area contributed by atoms with Gasteiger partial charge in [-0.15, -0.1) is 34.7 Å². The number of anilines is 1. The lowest BCUT2D eigenvalue weighted by Crippen LogP contribution is -2.21. The first-order valence-corrected chi connectivity index (χ1v) is 16.6. The fourth-order valence-corrected chi connectivity index (χ4v) is 6.42. The van der Waals surface area contributed by atoms with Crippen LogP contribution in [0.3, 0.4) is 0 Å². The molecule has 250 valence electrons. The van der Waals surface area contributed by atoms with Crippen LogP contribution in [0, 0.1) is 13.8 Å². The summed E-state index contributed by atoms with van der Waals surface area (Å²) in [7, 11) is 0. The van der Waals surface area contributed by atoms with Gasteiger partial charge in [-0.3, -0.25) is 4.57 Å². The zero-order valence-corrected chi connectivity index (χ0v) is 28.2. The first-order valence-electron chi connectivity index (χ1n) is 15.7. The van der Waals surface area contributed by atoms with Gasteiger partial charge >= 0.3 is 6.36 Å². The summed E-state index contributed by atoms with van der Waals surface area (Å²) >= 11 is 1.54. The number of rotatable bonds is 10. The number of benzene rings is 4. The van der Waals surface area contributed by atoms with Crippen LogP contribution in [0.15, 0.2) is 113 Å². The van der Waals surface area contributed by atoms with Crippen molar-refractivity contribution in [2.45, 2.75) is 34.1 Å². The van der Waals surface area contributed by atoms with Gasteiger partial charge in [-0.05, 0) is 86.3 Å². The number of alkyl halides is 3. The van der Waals surface area contributed by atoms with Crippen LogP contribution in [-0.4, -0.2) is 45.0 Å². The van der Waals surface area contributed by atoms with E-state index in [-0.39, 0.29) is 5.75 Å². The van der Waals surface area contributed by atoms with Crippen molar-refractivity contribution in [2.24, 2.45) is 10.2 Å². The van der Waals surface area contributed by atoms with Gasteiger partial charge in [-0.25, -0.2) is 9.67 Å². The molecule has 2 aromatic heterocycles. The van der Waals surface area contributed by atoms with E-state index < -0.39 is 6.36 Å². The smallest absolute Gasteiger partial charge is 0.406 e. The minimum absolute atomic E-state index is 0.305. The third kappa shape index (κ3) is 7.65. The Morgan fingerprint density at radius 2 is 1.51 bits per heavy atom. The van der Waals surface area contributed by atoms with Crippen molar-refractivity contribution >= 4 is 23.2 Å². The molecule has 0 bridgehead atoms. The monoisotopic (exact) mass is 681 g/mol. The van der Waals surface area contributed by atoms with Gasteiger partial charge in [0.05, 0.1) is 23.3 Å². The lowest BCUT2D eigenvalue weighted by atomic mass is 10.1. The Kier molecular flexibility index (Phi) is 9.77. The Morgan fingerprint density at radius 1 is 0.857 bits per heavy atom. The second-order valence-electron chi connectivity index (χ2n) is 11.2. The molecule has 0 amide bonds.